The highest BCUT2D eigenvalue weighted by Gasteiger charge is 2.11. The minimum Gasteiger partial charge on any atom is -0.434 e. The zero-order valence-electron chi connectivity index (χ0n) is 9.08. The van der Waals surface area contributed by atoms with Gasteiger partial charge in [-0.2, -0.15) is 8.78 Å². The first-order valence-electron chi connectivity index (χ1n) is 4.76. The van der Waals surface area contributed by atoms with Crippen molar-refractivity contribution in [3.05, 3.63) is 23.8 Å². The summed E-state index contributed by atoms with van der Waals surface area (Å²) in [7, 11) is 0. The Balaban J connectivity index is 2.91. The molecule has 0 aliphatic rings. The van der Waals surface area contributed by atoms with Crippen molar-refractivity contribution in [2.24, 2.45) is 0 Å². The van der Waals surface area contributed by atoms with E-state index in [2.05, 4.69) is 20.7 Å². The molecule has 1 rings (SSSR count). The van der Waals surface area contributed by atoms with E-state index in [0.29, 0.717) is 10.5 Å². The van der Waals surface area contributed by atoms with Gasteiger partial charge in [0.05, 0.1) is 5.33 Å². The van der Waals surface area contributed by atoms with Gasteiger partial charge in [-0.05, 0) is 24.0 Å². The van der Waals surface area contributed by atoms with Crippen molar-refractivity contribution in [3.8, 4) is 5.75 Å². The molecule has 17 heavy (non-hydrogen) atoms. The summed E-state index contributed by atoms with van der Waals surface area (Å²) in [5.74, 6) is 0.109. The number of Topliss-reactive ketones (excluding diaryl/α,β-unsaturated/α-hetero) is 1. The predicted molar refractivity (Wildman–Crippen MR) is 67.4 cm³/mol. The van der Waals surface area contributed by atoms with E-state index < -0.39 is 6.61 Å². The summed E-state index contributed by atoms with van der Waals surface area (Å²) in [6.45, 7) is -2.86. The molecule has 94 valence electrons. The number of rotatable bonds is 6. The molecule has 0 unspecified atom stereocenters. The molecule has 0 aliphatic heterocycles. The zero-order chi connectivity index (χ0) is 12.8. The summed E-state index contributed by atoms with van der Waals surface area (Å²) in [6, 6.07) is 4.91. The van der Waals surface area contributed by atoms with Gasteiger partial charge in [-0.15, -0.1) is 11.8 Å². The molecule has 1 aromatic rings. The lowest BCUT2D eigenvalue weighted by Crippen LogP contribution is -2.06. The number of hydrogen-bond acceptors (Lipinski definition) is 3. The Bertz CT molecular complexity index is 399. The maximum Gasteiger partial charge on any atom is 0.387 e. The van der Waals surface area contributed by atoms with E-state index in [1.165, 1.54) is 17.8 Å². The summed E-state index contributed by atoms with van der Waals surface area (Å²) < 4.78 is 28.8. The largest absolute Gasteiger partial charge is 0.434 e. The van der Waals surface area contributed by atoms with E-state index in [4.69, 9.17) is 0 Å². The summed E-state index contributed by atoms with van der Waals surface area (Å²) >= 11 is 4.37. The SMILES string of the molecule is CSc1ccc(CC(=O)CBr)cc1OC(F)F. The van der Waals surface area contributed by atoms with Gasteiger partial charge in [0.2, 0.25) is 0 Å². The quantitative estimate of drug-likeness (QED) is 0.591. The summed E-state index contributed by atoms with van der Waals surface area (Å²) in [4.78, 5) is 11.9. The molecule has 0 aromatic heterocycles. The molecular weight excluding hydrogens is 314 g/mol. The third-order valence-electron chi connectivity index (χ3n) is 1.99. The highest BCUT2D eigenvalue weighted by Crippen LogP contribution is 2.30. The second-order valence-electron chi connectivity index (χ2n) is 3.21. The molecule has 0 saturated heterocycles. The average molecular weight is 325 g/mol. The maximum absolute atomic E-state index is 12.2. The Morgan fingerprint density at radius 1 is 1.53 bits per heavy atom. The van der Waals surface area contributed by atoms with Gasteiger partial charge in [0.1, 0.15) is 11.5 Å². The molecule has 0 heterocycles. The fourth-order valence-corrected chi connectivity index (χ4v) is 2.00. The maximum atomic E-state index is 12.2. The molecular formula is C11H11BrF2O2S. The van der Waals surface area contributed by atoms with Crippen molar-refractivity contribution in [1.29, 1.82) is 0 Å². The van der Waals surface area contributed by atoms with Gasteiger partial charge in [-0.25, -0.2) is 0 Å². The lowest BCUT2D eigenvalue weighted by molar-refractivity contribution is -0.115. The Morgan fingerprint density at radius 2 is 2.24 bits per heavy atom. The normalized spacial score (nSPS) is 10.6. The predicted octanol–water partition coefficient (Wildman–Crippen LogP) is 3.52. The average Bonchev–Trinajstić information content (AvgIpc) is 2.28. The molecule has 0 N–H and O–H groups in total. The lowest BCUT2D eigenvalue weighted by atomic mass is 10.1. The van der Waals surface area contributed by atoms with Gasteiger partial charge in [-0.3, -0.25) is 4.79 Å². The highest BCUT2D eigenvalue weighted by atomic mass is 79.9. The van der Waals surface area contributed by atoms with Crippen molar-refractivity contribution in [2.75, 3.05) is 11.6 Å². The molecule has 2 nitrogen and oxygen atoms in total. The molecule has 0 saturated carbocycles. The first-order chi connectivity index (χ1) is 8.06. The molecule has 0 bridgehead atoms. The number of benzene rings is 1. The highest BCUT2D eigenvalue weighted by molar-refractivity contribution is 9.09. The number of carbonyl (C=O) groups excluding carboxylic acids is 1. The van der Waals surface area contributed by atoms with Crippen LogP contribution in [0.3, 0.4) is 0 Å². The van der Waals surface area contributed by atoms with Crippen LogP contribution in [0.2, 0.25) is 0 Å². The van der Waals surface area contributed by atoms with E-state index in [9.17, 15) is 13.6 Å². The standard InChI is InChI=1S/C11H11BrF2O2S/c1-17-10-3-2-7(4-8(15)6-12)5-9(10)16-11(13)14/h2-3,5,11H,4,6H2,1H3. The van der Waals surface area contributed by atoms with Crippen LogP contribution in [-0.4, -0.2) is 24.0 Å². The molecule has 6 heteroatoms. The minimum atomic E-state index is -2.86. The van der Waals surface area contributed by atoms with Crippen LogP contribution in [0.1, 0.15) is 5.56 Å². The lowest BCUT2D eigenvalue weighted by Gasteiger charge is -2.10. The van der Waals surface area contributed by atoms with Crippen LogP contribution in [0.25, 0.3) is 0 Å². The molecule has 1 aromatic carbocycles. The summed E-state index contributed by atoms with van der Waals surface area (Å²) in [6.07, 6.45) is 1.98. The van der Waals surface area contributed by atoms with Crippen molar-refractivity contribution in [3.63, 3.8) is 0 Å². The van der Waals surface area contributed by atoms with Crippen LogP contribution < -0.4 is 4.74 Å². The van der Waals surface area contributed by atoms with E-state index in [1.54, 1.807) is 18.4 Å². The van der Waals surface area contributed by atoms with Crippen LogP contribution in [0.5, 0.6) is 5.75 Å². The van der Waals surface area contributed by atoms with Gasteiger partial charge in [0.15, 0.2) is 0 Å². The topological polar surface area (TPSA) is 26.3 Å². The van der Waals surface area contributed by atoms with E-state index >= 15 is 0 Å². The number of carbonyl (C=O) groups is 1. The monoisotopic (exact) mass is 324 g/mol. The fraction of sp³-hybridized carbons (Fsp3) is 0.364. The fourth-order valence-electron chi connectivity index (χ4n) is 1.29. The minimum absolute atomic E-state index is 0.00935. The van der Waals surface area contributed by atoms with Crippen LogP contribution >= 0.6 is 27.7 Å². The smallest absolute Gasteiger partial charge is 0.387 e. The van der Waals surface area contributed by atoms with Gasteiger partial charge in [0, 0.05) is 11.3 Å². The first kappa shape index (κ1) is 14.4. The molecule has 0 radical (unpaired) electrons. The molecule has 0 aliphatic carbocycles. The van der Waals surface area contributed by atoms with Crippen LogP contribution in [0, 0.1) is 0 Å². The summed E-state index contributed by atoms with van der Waals surface area (Å²) in [5, 5.41) is 0.252. The number of ketones is 1. The van der Waals surface area contributed by atoms with Crippen LogP contribution in [0.15, 0.2) is 23.1 Å². The van der Waals surface area contributed by atoms with Crippen molar-refractivity contribution in [1.82, 2.24) is 0 Å². The molecule has 0 atom stereocenters. The number of ether oxygens (including phenoxy) is 1. The van der Waals surface area contributed by atoms with Gasteiger partial charge >= 0.3 is 6.61 Å². The van der Waals surface area contributed by atoms with E-state index in [1.807, 2.05) is 0 Å². The number of halogens is 3. The Labute approximate surface area is 111 Å². The Morgan fingerprint density at radius 3 is 2.76 bits per heavy atom. The van der Waals surface area contributed by atoms with Crippen molar-refractivity contribution < 1.29 is 18.3 Å². The first-order valence-corrected chi connectivity index (χ1v) is 7.10. The molecule has 0 amide bonds. The Kier molecular flexibility index (Phi) is 5.91. The third-order valence-corrected chi connectivity index (χ3v) is 3.40. The van der Waals surface area contributed by atoms with E-state index in [-0.39, 0.29) is 23.3 Å². The van der Waals surface area contributed by atoms with Gasteiger partial charge < -0.3 is 4.74 Å². The van der Waals surface area contributed by atoms with E-state index in [0.717, 1.165) is 0 Å². The second kappa shape index (κ2) is 6.96. The third kappa shape index (κ3) is 4.63. The van der Waals surface area contributed by atoms with Gasteiger partial charge in [-0.1, -0.05) is 22.0 Å². The number of thioether (sulfide) groups is 1. The van der Waals surface area contributed by atoms with Gasteiger partial charge in [0.25, 0.3) is 0 Å². The van der Waals surface area contributed by atoms with Crippen LogP contribution in [0.4, 0.5) is 8.78 Å². The van der Waals surface area contributed by atoms with Crippen molar-refractivity contribution in [2.45, 2.75) is 17.9 Å². The zero-order valence-corrected chi connectivity index (χ0v) is 11.5. The Hall–Kier alpha value is -0.620. The second-order valence-corrected chi connectivity index (χ2v) is 4.62. The number of hydrogen-bond donors (Lipinski definition) is 0. The van der Waals surface area contributed by atoms with Crippen molar-refractivity contribution >= 4 is 33.5 Å². The number of alkyl halides is 3. The molecule has 0 fully saturated rings. The summed E-state index contributed by atoms with van der Waals surface area (Å²) in [5.41, 5.74) is 0.669. The molecule has 0 spiro atoms. The van der Waals surface area contributed by atoms with Crippen LogP contribution in [-0.2, 0) is 11.2 Å².